The first-order valence-corrected chi connectivity index (χ1v) is 7.09. The van der Waals surface area contributed by atoms with Crippen LogP contribution in [-0.2, 0) is 4.79 Å². The van der Waals surface area contributed by atoms with Gasteiger partial charge in [-0.15, -0.1) is 11.6 Å². The summed E-state index contributed by atoms with van der Waals surface area (Å²) in [5, 5.41) is 2.42. The van der Waals surface area contributed by atoms with Gasteiger partial charge >= 0.3 is 0 Å². The van der Waals surface area contributed by atoms with Gasteiger partial charge in [0.05, 0.1) is 0 Å². The van der Waals surface area contributed by atoms with E-state index in [1.807, 2.05) is 24.3 Å². The number of hydrogen-bond acceptors (Lipinski definition) is 1. The summed E-state index contributed by atoms with van der Waals surface area (Å²) in [4.78, 5) is 11.9. The van der Waals surface area contributed by atoms with E-state index < -0.39 is 5.38 Å². The van der Waals surface area contributed by atoms with E-state index in [9.17, 15) is 4.79 Å². The Balaban J connectivity index is 1.96. The predicted octanol–water partition coefficient (Wildman–Crippen LogP) is 3.79. The van der Waals surface area contributed by atoms with Crippen molar-refractivity contribution in [3.05, 3.63) is 34.3 Å². The van der Waals surface area contributed by atoms with E-state index in [1.165, 1.54) is 12.8 Å². The second-order valence-corrected chi connectivity index (χ2v) is 5.76. The van der Waals surface area contributed by atoms with Crippen molar-refractivity contribution >= 4 is 33.4 Å². The summed E-state index contributed by atoms with van der Waals surface area (Å²) in [5.41, 5.74) is 0.838. The van der Waals surface area contributed by atoms with Gasteiger partial charge in [-0.25, -0.2) is 0 Å². The minimum absolute atomic E-state index is 0.0825. The normalized spacial score (nSPS) is 18.0. The molecule has 92 valence electrons. The summed E-state index contributed by atoms with van der Waals surface area (Å²) < 4.78 is 0.987. The average Bonchev–Trinajstić information content (AvgIpc) is 2.82. The Kier molecular flexibility index (Phi) is 4.46. The van der Waals surface area contributed by atoms with Crippen LogP contribution in [0.5, 0.6) is 0 Å². The zero-order valence-electron chi connectivity index (χ0n) is 9.46. The molecular formula is C13H15BrClNO. The van der Waals surface area contributed by atoms with Gasteiger partial charge < -0.3 is 5.32 Å². The summed E-state index contributed by atoms with van der Waals surface area (Å²) in [6.45, 7) is 0. The predicted molar refractivity (Wildman–Crippen MR) is 73.1 cm³/mol. The fourth-order valence-electron chi connectivity index (χ4n) is 2.13. The van der Waals surface area contributed by atoms with Gasteiger partial charge in [-0.1, -0.05) is 40.9 Å². The lowest BCUT2D eigenvalue weighted by molar-refractivity contribution is -0.121. The Morgan fingerprint density at radius 1 is 1.29 bits per heavy atom. The van der Waals surface area contributed by atoms with Crippen molar-refractivity contribution in [3.8, 4) is 0 Å². The molecule has 1 saturated carbocycles. The van der Waals surface area contributed by atoms with Crippen LogP contribution in [0.2, 0.25) is 0 Å². The first-order chi connectivity index (χ1) is 8.16. The molecule has 1 amide bonds. The molecule has 0 aliphatic heterocycles. The van der Waals surface area contributed by atoms with Gasteiger partial charge in [-0.3, -0.25) is 4.79 Å². The Bertz CT molecular complexity index is 387. The maximum atomic E-state index is 11.9. The van der Waals surface area contributed by atoms with Crippen molar-refractivity contribution < 1.29 is 4.79 Å². The van der Waals surface area contributed by atoms with E-state index in [4.69, 9.17) is 11.6 Å². The second-order valence-electron chi connectivity index (χ2n) is 4.40. The third-order valence-electron chi connectivity index (χ3n) is 3.09. The molecule has 0 heterocycles. The molecule has 1 N–H and O–H groups in total. The van der Waals surface area contributed by atoms with Crippen molar-refractivity contribution in [1.82, 2.24) is 5.32 Å². The number of halogens is 2. The Labute approximate surface area is 115 Å². The van der Waals surface area contributed by atoms with Gasteiger partial charge in [0.2, 0.25) is 5.91 Å². The molecule has 0 saturated heterocycles. The highest BCUT2D eigenvalue weighted by Gasteiger charge is 2.22. The summed E-state index contributed by atoms with van der Waals surface area (Å²) in [7, 11) is 0. The number of alkyl halides is 1. The van der Waals surface area contributed by atoms with Gasteiger partial charge in [0, 0.05) is 10.5 Å². The first kappa shape index (κ1) is 12.9. The fourth-order valence-corrected chi connectivity index (χ4v) is 2.60. The maximum absolute atomic E-state index is 11.9. The molecule has 0 bridgehead atoms. The van der Waals surface area contributed by atoms with Crippen LogP contribution in [0.4, 0.5) is 0 Å². The monoisotopic (exact) mass is 315 g/mol. The van der Waals surface area contributed by atoms with Crippen LogP contribution in [-0.4, -0.2) is 11.9 Å². The number of hydrogen-bond donors (Lipinski definition) is 1. The smallest absolute Gasteiger partial charge is 0.242 e. The van der Waals surface area contributed by atoms with Crippen LogP contribution in [0.3, 0.4) is 0 Å². The lowest BCUT2D eigenvalue weighted by atomic mass is 10.1. The van der Waals surface area contributed by atoms with E-state index >= 15 is 0 Å². The molecule has 1 aliphatic rings. The minimum atomic E-state index is -0.594. The summed E-state index contributed by atoms with van der Waals surface area (Å²) in [5.74, 6) is -0.0825. The van der Waals surface area contributed by atoms with Crippen LogP contribution in [0.1, 0.15) is 36.6 Å². The Hall–Kier alpha value is -0.540. The minimum Gasteiger partial charge on any atom is -0.352 e. The lowest BCUT2D eigenvalue weighted by Gasteiger charge is -2.15. The number of nitrogens with one attached hydrogen (secondary N) is 1. The summed E-state index contributed by atoms with van der Waals surface area (Å²) in [6, 6.07) is 7.85. The van der Waals surface area contributed by atoms with Gasteiger partial charge in [0.15, 0.2) is 0 Å². The highest BCUT2D eigenvalue weighted by molar-refractivity contribution is 9.10. The molecule has 1 aliphatic carbocycles. The van der Waals surface area contributed by atoms with E-state index in [0.29, 0.717) is 6.04 Å². The standard InChI is InChI=1S/C13H15BrClNO/c14-10-7-5-9(6-8-10)12(15)13(17)16-11-3-1-2-4-11/h5-8,11-12H,1-4H2,(H,16,17). The molecule has 1 fully saturated rings. The molecule has 0 radical (unpaired) electrons. The third kappa shape index (κ3) is 3.46. The first-order valence-electron chi connectivity index (χ1n) is 5.87. The molecule has 2 rings (SSSR count). The second kappa shape index (κ2) is 5.87. The van der Waals surface area contributed by atoms with Crippen LogP contribution >= 0.6 is 27.5 Å². The zero-order valence-corrected chi connectivity index (χ0v) is 11.8. The average molecular weight is 317 g/mol. The molecular weight excluding hydrogens is 302 g/mol. The van der Waals surface area contributed by atoms with Gasteiger partial charge in [0.25, 0.3) is 0 Å². The quantitative estimate of drug-likeness (QED) is 0.845. The van der Waals surface area contributed by atoms with E-state index in [1.54, 1.807) is 0 Å². The van der Waals surface area contributed by atoms with E-state index in [2.05, 4.69) is 21.2 Å². The molecule has 17 heavy (non-hydrogen) atoms. The van der Waals surface area contributed by atoms with Crippen LogP contribution in [0, 0.1) is 0 Å². The van der Waals surface area contributed by atoms with Crippen LogP contribution in [0.25, 0.3) is 0 Å². The summed E-state index contributed by atoms with van der Waals surface area (Å²) in [6.07, 6.45) is 4.57. The molecule has 0 aromatic heterocycles. The molecule has 1 atom stereocenters. The molecule has 2 nitrogen and oxygen atoms in total. The molecule has 0 spiro atoms. The van der Waals surface area contributed by atoms with Gasteiger partial charge in [0.1, 0.15) is 5.38 Å². The van der Waals surface area contributed by atoms with E-state index in [-0.39, 0.29) is 5.91 Å². The molecule has 1 aromatic carbocycles. The zero-order chi connectivity index (χ0) is 12.3. The molecule has 1 aromatic rings. The van der Waals surface area contributed by atoms with Crippen molar-refractivity contribution in [1.29, 1.82) is 0 Å². The van der Waals surface area contributed by atoms with Crippen molar-refractivity contribution in [3.63, 3.8) is 0 Å². The fraction of sp³-hybridized carbons (Fsp3) is 0.462. The highest BCUT2D eigenvalue weighted by atomic mass is 79.9. The largest absolute Gasteiger partial charge is 0.352 e. The van der Waals surface area contributed by atoms with Crippen molar-refractivity contribution in [2.75, 3.05) is 0 Å². The van der Waals surface area contributed by atoms with Gasteiger partial charge in [-0.2, -0.15) is 0 Å². The SMILES string of the molecule is O=C(NC1CCCC1)C(Cl)c1ccc(Br)cc1. The Morgan fingerprint density at radius 3 is 2.47 bits per heavy atom. The number of carbonyl (C=O) groups excluding carboxylic acids is 1. The number of amides is 1. The highest BCUT2D eigenvalue weighted by Crippen LogP contribution is 2.24. The maximum Gasteiger partial charge on any atom is 0.242 e. The number of benzene rings is 1. The third-order valence-corrected chi connectivity index (χ3v) is 4.07. The Morgan fingerprint density at radius 2 is 1.88 bits per heavy atom. The number of carbonyl (C=O) groups is 1. The molecule has 4 heteroatoms. The molecule has 1 unspecified atom stereocenters. The van der Waals surface area contributed by atoms with Crippen molar-refractivity contribution in [2.24, 2.45) is 0 Å². The van der Waals surface area contributed by atoms with Crippen molar-refractivity contribution in [2.45, 2.75) is 37.1 Å². The number of rotatable bonds is 3. The van der Waals surface area contributed by atoms with Crippen LogP contribution in [0.15, 0.2) is 28.7 Å². The van der Waals surface area contributed by atoms with Gasteiger partial charge in [-0.05, 0) is 30.5 Å². The van der Waals surface area contributed by atoms with Crippen LogP contribution < -0.4 is 5.32 Å². The van der Waals surface area contributed by atoms with E-state index in [0.717, 1.165) is 22.9 Å². The topological polar surface area (TPSA) is 29.1 Å². The lowest BCUT2D eigenvalue weighted by Crippen LogP contribution is -2.34. The summed E-state index contributed by atoms with van der Waals surface area (Å²) >= 11 is 9.52.